The van der Waals surface area contributed by atoms with Crippen molar-refractivity contribution >= 4 is 5.91 Å². The van der Waals surface area contributed by atoms with Gasteiger partial charge in [-0.25, -0.2) is 0 Å². The maximum atomic E-state index is 12.0. The number of hydrogen-bond acceptors (Lipinski definition) is 4. The van der Waals surface area contributed by atoms with Gasteiger partial charge in [0.05, 0.1) is 20.3 Å². The highest BCUT2D eigenvalue weighted by atomic mass is 16.5. The third kappa shape index (κ3) is 5.63. The predicted octanol–water partition coefficient (Wildman–Crippen LogP) is 2.10. The minimum Gasteiger partial charge on any atom is -0.497 e. The number of rotatable bonds is 6. The van der Waals surface area contributed by atoms with E-state index in [1.165, 1.54) is 0 Å². The van der Waals surface area contributed by atoms with Gasteiger partial charge in [-0.15, -0.1) is 0 Å². The molecular weight excluding hydrogens is 268 g/mol. The lowest BCUT2D eigenvalue weighted by molar-refractivity contribution is -0.124. The summed E-state index contributed by atoms with van der Waals surface area (Å²) in [5.74, 6) is 1.47. The van der Waals surface area contributed by atoms with Gasteiger partial charge in [0.25, 0.3) is 0 Å². The molecule has 1 aromatic rings. The fourth-order valence-electron chi connectivity index (χ4n) is 1.83. The molecule has 5 nitrogen and oxygen atoms in total. The molecular formula is C16H26N2O3. The first-order valence-corrected chi connectivity index (χ1v) is 7.03. The van der Waals surface area contributed by atoms with E-state index in [4.69, 9.17) is 9.47 Å². The molecule has 0 radical (unpaired) electrons. The van der Waals surface area contributed by atoms with E-state index in [0.717, 1.165) is 17.1 Å². The van der Waals surface area contributed by atoms with Crippen molar-refractivity contribution in [2.75, 3.05) is 14.2 Å². The molecule has 0 aromatic heterocycles. The second-order valence-electron chi connectivity index (χ2n) is 6.02. The third-order valence-corrected chi connectivity index (χ3v) is 2.98. The van der Waals surface area contributed by atoms with Crippen LogP contribution < -0.4 is 20.1 Å². The number of ether oxygens (including phenoxy) is 2. The molecule has 0 fully saturated rings. The minimum absolute atomic E-state index is 0.0185. The lowest BCUT2D eigenvalue weighted by Crippen LogP contribution is -2.49. The molecule has 2 N–H and O–H groups in total. The summed E-state index contributed by atoms with van der Waals surface area (Å²) in [6, 6.07) is 5.35. The van der Waals surface area contributed by atoms with Gasteiger partial charge in [-0.05, 0) is 33.8 Å². The summed E-state index contributed by atoms with van der Waals surface area (Å²) in [4.78, 5) is 12.0. The Labute approximate surface area is 127 Å². The van der Waals surface area contributed by atoms with Crippen LogP contribution in [0.4, 0.5) is 0 Å². The van der Waals surface area contributed by atoms with Gasteiger partial charge in [0.1, 0.15) is 11.5 Å². The Morgan fingerprint density at radius 1 is 1.24 bits per heavy atom. The van der Waals surface area contributed by atoms with Crippen LogP contribution in [0, 0.1) is 0 Å². The highest BCUT2D eigenvalue weighted by Crippen LogP contribution is 2.24. The smallest absolute Gasteiger partial charge is 0.237 e. The Morgan fingerprint density at radius 3 is 2.43 bits per heavy atom. The summed E-state index contributed by atoms with van der Waals surface area (Å²) in [5.41, 5.74) is 0.749. The van der Waals surface area contributed by atoms with Gasteiger partial charge in [0.15, 0.2) is 0 Å². The van der Waals surface area contributed by atoms with Crippen molar-refractivity contribution in [3.63, 3.8) is 0 Å². The minimum atomic E-state index is -0.281. The monoisotopic (exact) mass is 294 g/mol. The van der Waals surface area contributed by atoms with Gasteiger partial charge in [0, 0.05) is 23.7 Å². The van der Waals surface area contributed by atoms with Crippen LogP contribution in [0.5, 0.6) is 11.5 Å². The molecule has 0 aliphatic heterocycles. The number of nitrogens with one attached hydrogen (secondary N) is 2. The predicted molar refractivity (Wildman–Crippen MR) is 83.7 cm³/mol. The van der Waals surface area contributed by atoms with E-state index in [1.807, 2.05) is 45.9 Å². The van der Waals surface area contributed by atoms with Crippen LogP contribution in [0.2, 0.25) is 0 Å². The second kappa shape index (κ2) is 7.31. The van der Waals surface area contributed by atoms with E-state index in [1.54, 1.807) is 14.2 Å². The molecule has 5 heteroatoms. The first-order valence-electron chi connectivity index (χ1n) is 7.03. The highest BCUT2D eigenvalue weighted by molar-refractivity contribution is 5.81. The Morgan fingerprint density at radius 2 is 1.90 bits per heavy atom. The zero-order valence-corrected chi connectivity index (χ0v) is 13.7. The van der Waals surface area contributed by atoms with Crippen LogP contribution >= 0.6 is 0 Å². The van der Waals surface area contributed by atoms with E-state index in [0.29, 0.717) is 6.54 Å². The molecule has 0 saturated heterocycles. The topological polar surface area (TPSA) is 59.6 Å². The maximum absolute atomic E-state index is 12.0. The Kier molecular flexibility index (Phi) is 6.03. The van der Waals surface area contributed by atoms with Crippen molar-refractivity contribution in [3.8, 4) is 11.5 Å². The third-order valence-electron chi connectivity index (χ3n) is 2.98. The van der Waals surface area contributed by atoms with Crippen molar-refractivity contribution in [1.82, 2.24) is 10.6 Å². The largest absolute Gasteiger partial charge is 0.497 e. The molecule has 118 valence electrons. The molecule has 21 heavy (non-hydrogen) atoms. The summed E-state index contributed by atoms with van der Waals surface area (Å²) in [5, 5.41) is 6.15. The van der Waals surface area contributed by atoms with E-state index in [9.17, 15) is 4.79 Å². The summed E-state index contributed by atoms with van der Waals surface area (Å²) in [7, 11) is 3.24. The Balaban J connectivity index is 2.64. The average Bonchev–Trinajstić information content (AvgIpc) is 2.42. The van der Waals surface area contributed by atoms with Gasteiger partial charge >= 0.3 is 0 Å². The number of hydrogen-bond donors (Lipinski definition) is 2. The number of carbonyl (C=O) groups excluding carboxylic acids is 1. The van der Waals surface area contributed by atoms with Gasteiger partial charge in [-0.2, -0.15) is 0 Å². The zero-order chi connectivity index (χ0) is 16.0. The molecule has 1 amide bonds. The quantitative estimate of drug-likeness (QED) is 0.843. The zero-order valence-electron chi connectivity index (χ0n) is 13.7. The van der Waals surface area contributed by atoms with E-state index >= 15 is 0 Å². The van der Waals surface area contributed by atoms with Gasteiger partial charge in [-0.1, -0.05) is 6.07 Å². The maximum Gasteiger partial charge on any atom is 0.237 e. The van der Waals surface area contributed by atoms with Crippen LogP contribution in [0.15, 0.2) is 18.2 Å². The number of carbonyl (C=O) groups is 1. The molecule has 1 atom stereocenters. The van der Waals surface area contributed by atoms with Gasteiger partial charge < -0.3 is 20.1 Å². The van der Waals surface area contributed by atoms with Crippen LogP contribution in [0.1, 0.15) is 33.3 Å². The normalized spacial score (nSPS) is 12.7. The van der Waals surface area contributed by atoms with Crippen LogP contribution in [-0.2, 0) is 11.3 Å². The number of amides is 1. The standard InChI is InChI=1S/C16H26N2O3/c1-11(15(19)18-16(2,3)4)17-10-12-7-8-13(20-5)9-14(12)21-6/h7-9,11,17H,10H2,1-6H3,(H,18,19). The van der Waals surface area contributed by atoms with Gasteiger partial charge in [-0.3, -0.25) is 4.79 Å². The number of methoxy groups -OCH3 is 2. The van der Waals surface area contributed by atoms with Crippen molar-refractivity contribution in [2.24, 2.45) is 0 Å². The van der Waals surface area contributed by atoms with E-state index < -0.39 is 0 Å². The lowest BCUT2D eigenvalue weighted by atomic mass is 10.1. The molecule has 0 heterocycles. The molecule has 0 aliphatic rings. The summed E-state index contributed by atoms with van der Waals surface area (Å²) >= 11 is 0. The Bertz CT molecular complexity index is 481. The van der Waals surface area contributed by atoms with Crippen LogP contribution in [0.3, 0.4) is 0 Å². The molecule has 1 rings (SSSR count). The lowest BCUT2D eigenvalue weighted by Gasteiger charge is -2.24. The van der Waals surface area contributed by atoms with Crippen molar-refractivity contribution < 1.29 is 14.3 Å². The first kappa shape index (κ1) is 17.3. The summed E-state index contributed by atoms with van der Waals surface area (Å²) in [6.07, 6.45) is 0. The second-order valence-corrected chi connectivity index (χ2v) is 6.02. The summed E-state index contributed by atoms with van der Waals surface area (Å²) in [6.45, 7) is 8.28. The molecule has 1 aromatic carbocycles. The average molecular weight is 294 g/mol. The molecule has 0 aliphatic carbocycles. The SMILES string of the molecule is COc1ccc(CNC(C)C(=O)NC(C)(C)C)c(OC)c1. The van der Waals surface area contributed by atoms with E-state index in [2.05, 4.69) is 10.6 Å². The molecule has 1 unspecified atom stereocenters. The van der Waals surface area contributed by atoms with Crippen molar-refractivity contribution in [2.45, 2.75) is 45.8 Å². The molecule has 0 saturated carbocycles. The first-order chi connectivity index (χ1) is 9.76. The van der Waals surface area contributed by atoms with Gasteiger partial charge in [0.2, 0.25) is 5.91 Å². The Hall–Kier alpha value is -1.75. The fraction of sp³-hybridized carbons (Fsp3) is 0.562. The molecule has 0 spiro atoms. The fourth-order valence-corrected chi connectivity index (χ4v) is 1.83. The molecule has 0 bridgehead atoms. The van der Waals surface area contributed by atoms with E-state index in [-0.39, 0.29) is 17.5 Å². The summed E-state index contributed by atoms with van der Waals surface area (Å²) < 4.78 is 10.5. The van der Waals surface area contributed by atoms with Crippen molar-refractivity contribution in [3.05, 3.63) is 23.8 Å². The van der Waals surface area contributed by atoms with Crippen LogP contribution in [0.25, 0.3) is 0 Å². The highest BCUT2D eigenvalue weighted by Gasteiger charge is 2.19. The van der Waals surface area contributed by atoms with Crippen molar-refractivity contribution in [1.29, 1.82) is 0 Å². The number of benzene rings is 1. The van der Waals surface area contributed by atoms with Crippen LogP contribution in [-0.4, -0.2) is 31.7 Å².